The Kier molecular flexibility index (Phi) is 8.40. The number of rotatable bonds is 9. The van der Waals surface area contributed by atoms with E-state index < -0.39 is 0 Å². The number of ether oxygens (including phenoxy) is 2. The van der Waals surface area contributed by atoms with Crippen LogP contribution in [-0.2, 0) is 11.3 Å². The fourth-order valence-corrected chi connectivity index (χ4v) is 3.49. The van der Waals surface area contributed by atoms with Crippen LogP contribution in [0.1, 0.15) is 18.5 Å². The van der Waals surface area contributed by atoms with E-state index in [1.807, 2.05) is 24.3 Å². The maximum atomic E-state index is 5.55. The maximum absolute atomic E-state index is 5.55. The van der Waals surface area contributed by atoms with E-state index in [1.165, 1.54) is 5.56 Å². The molecule has 1 aliphatic rings. The van der Waals surface area contributed by atoms with Gasteiger partial charge in [0, 0.05) is 45.1 Å². The summed E-state index contributed by atoms with van der Waals surface area (Å²) in [6, 6.07) is 12.6. The second-order valence-electron chi connectivity index (χ2n) is 7.00. The fraction of sp³-hybridized carbons (Fsp3) is 0.500. The van der Waals surface area contributed by atoms with Crippen molar-refractivity contribution in [3.63, 3.8) is 0 Å². The number of hydrogen-bond donors (Lipinski definition) is 2. The van der Waals surface area contributed by atoms with Crippen LogP contribution in [-0.4, -0.2) is 68.5 Å². The molecule has 1 atom stereocenters. The number of benzene rings is 1. The fourth-order valence-electron chi connectivity index (χ4n) is 3.49. The zero-order valence-electron chi connectivity index (χ0n) is 17.5. The third-order valence-electron chi connectivity index (χ3n) is 5.08. The molecular weight excluding hydrogens is 366 g/mol. The van der Waals surface area contributed by atoms with E-state index in [-0.39, 0.29) is 6.04 Å². The number of hydrogen-bond acceptors (Lipinski definition) is 4. The van der Waals surface area contributed by atoms with Gasteiger partial charge in [0.1, 0.15) is 5.75 Å². The number of aromatic nitrogens is 1. The molecule has 0 amide bonds. The molecule has 2 aromatic rings. The summed E-state index contributed by atoms with van der Waals surface area (Å²) in [4.78, 5) is 7.35. The van der Waals surface area contributed by atoms with E-state index in [0.717, 1.165) is 57.6 Å². The van der Waals surface area contributed by atoms with Crippen LogP contribution in [0, 0.1) is 0 Å². The largest absolute Gasteiger partial charge is 0.497 e. The smallest absolute Gasteiger partial charge is 0.191 e. The van der Waals surface area contributed by atoms with Gasteiger partial charge in [-0.05, 0) is 36.8 Å². The molecule has 0 bridgehead atoms. The van der Waals surface area contributed by atoms with Gasteiger partial charge in [0.25, 0.3) is 0 Å². The minimum absolute atomic E-state index is 0.213. The molecule has 0 spiro atoms. The third-order valence-corrected chi connectivity index (χ3v) is 5.08. The molecule has 3 rings (SSSR count). The van der Waals surface area contributed by atoms with Crippen LogP contribution < -0.4 is 15.4 Å². The van der Waals surface area contributed by atoms with Crippen molar-refractivity contribution in [2.75, 3.05) is 53.0 Å². The van der Waals surface area contributed by atoms with Gasteiger partial charge >= 0.3 is 0 Å². The highest BCUT2D eigenvalue weighted by atomic mass is 16.5. The number of nitrogens with zero attached hydrogens (tertiary/aromatic N) is 3. The third kappa shape index (κ3) is 6.51. The van der Waals surface area contributed by atoms with Crippen LogP contribution in [0.3, 0.4) is 0 Å². The van der Waals surface area contributed by atoms with Gasteiger partial charge in [-0.1, -0.05) is 12.1 Å². The Morgan fingerprint density at radius 3 is 2.52 bits per heavy atom. The van der Waals surface area contributed by atoms with Gasteiger partial charge < -0.3 is 24.7 Å². The number of guanidine groups is 1. The molecule has 0 aliphatic carbocycles. The van der Waals surface area contributed by atoms with Crippen LogP contribution in [0.25, 0.3) is 0 Å². The Balaban J connectivity index is 1.67. The highest BCUT2D eigenvalue weighted by molar-refractivity contribution is 5.79. The predicted octanol–water partition coefficient (Wildman–Crippen LogP) is 2.13. The molecule has 1 unspecified atom stereocenters. The van der Waals surface area contributed by atoms with E-state index in [0.29, 0.717) is 6.54 Å². The molecule has 7 heteroatoms. The van der Waals surface area contributed by atoms with Crippen molar-refractivity contribution in [3.05, 3.63) is 54.4 Å². The highest BCUT2D eigenvalue weighted by Gasteiger charge is 2.22. The lowest BCUT2D eigenvalue weighted by Gasteiger charge is -2.34. The monoisotopic (exact) mass is 399 g/mol. The number of nitrogens with one attached hydrogen (secondary N) is 2. The summed E-state index contributed by atoms with van der Waals surface area (Å²) in [5, 5.41) is 6.80. The van der Waals surface area contributed by atoms with Gasteiger partial charge in [0.2, 0.25) is 0 Å². The van der Waals surface area contributed by atoms with Crippen LogP contribution in [0.2, 0.25) is 0 Å². The van der Waals surface area contributed by atoms with Crippen LogP contribution in [0.5, 0.6) is 5.75 Å². The predicted molar refractivity (Wildman–Crippen MR) is 117 cm³/mol. The number of morpholine rings is 1. The standard InChI is InChI=1S/C22H33N5O2/c1-3-23-22(24-10-13-26-11-4-5-12-26)25-18-21(27-14-16-29-17-15-27)19-6-8-20(28-2)9-7-19/h4-9,11-12,21H,3,10,13-18H2,1-2H3,(H2,23,24,25). The topological polar surface area (TPSA) is 63.1 Å². The average Bonchev–Trinajstić information content (AvgIpc) is 3.28. The summed E-state index contributed by atoms with van der Waals surface area (Å²) < 4.78 is 13.0. The molecular formula is C22H33N5O2. The van der Waals surface area contributed by atoms with Crippen LogP contribution in [0.4, 0.5) is 0 Å². The lowest BCUT2D eigenvalue weighted by atomic mass is 10.0. The maximum Gasteiger partial charge on any atom is 0.191 e. The van der Waals surface area contributed by atoms with Gasteiger partial charge in [-0.15, -0.1) is 0 Å². The Hall–Kier alpha value is -2.51. The Morgan fingerprint density at radius 1 is 1.14 bits per heavy atom. The first kappa shape index (κ1) is 21.2. The Bertz CT molecular complexity index is 724. The van der Waals surface area contributed by atoms with Gasteiger partial charge in [0.05, 0.1) is 32.9 Å². The molecule has 1 aromatic carbocycles. The molecule has 2 N–H and O–H groups in total. The molecule has 1 saturated heterocycles. The Labute approximate surface area is 173 Å². The van der Waals surface area contributed by atoms with Crippen molar-refractivity contribution in [1.29, 1.82) is 0 Å². The lowest BCUT2D eigenvalue weighted by Crippen LogP contribution is -2.42. The van der Waals surface area contributed by atoms with E-state index in [9.17, 15) is 0 Å². The molecule has 7 nitrogen and oxygen atoms in total. The normalized spacial score (nSPS) is 16.4. The molecule has 29 heavy (non-hydrogen) atoms. The second-order valence-corrected chi connectivity index (χ2v) is 7.00. The minimum Gasteiger partial charge on any atom is -0.497 e. The molecule has 1 aromatic heterocycles. The van der Waals surface area contributed by atoms with E-state index in [1.54, 1.807) is 7.11 Å². The van der Waals surface area contributed by atoms with E-state index in [4.69, 9.17) is 14.5 Å². The summed E-state index contributed by atoms with van der Waals surface area (Å²) in [5.74, 6) is 1.73. The summed E-state index contributed by atoms with van der Waals surface area (Å²) in [5.41, 5.74) is 1.25. The SMILES string of the molecule is CCNC(=NCC(c1ccc(OC)cc1)N1CCOCC1)NCCn1cccc1. The zero-order valence-corrected chi connectivity index (χ0v) is 17.5. The van der Waals surface area contributed by atoms with Crippen molar-refractivity contribution in [1.82, 2.24) is 20.1 Å². The molecule has 158 valence electrons. The number of methoxy groups -OCH3 is 1. The van der Waals surface area contributed by atoms with Crippen molar-refractivity contribution in [2.24, 2.45) is 4.99 Å². The minimum atomic E-state index is 0.213. The lowest BCUT2D eigenvalue weighted by molar-refractivity contribution is 0.0179. The van der Waals surface area contributed by atoms with Crippen molar-refractivity contribution >= 4 is 5.96 Å². The van der Waals surface area contributed by atoms with Gasteiger partial charge in [-0.25, -0.2) is 0 Å². The first-order valence-electron chi connectivity index (χ1n) is 10.4. The zero-order chi connectivity index (χ0) is 20.3. The second kappa shape index (κ2) is 11.5. The summed E-state index contributed by atoms with van der Waals surface area (Å²) >= 11 is 0. The van der Waals surface area contributed by atoms with Gasteiger partial charge in [0.15, 0.2) is 5.96 Å². The quantitative estimate of drug-likeness (QED) is 0.500. The van der Waals surface area contributed by atoms with E-state index in [2.05, 4.69) is 51.6 Å². The summed E-state index contributed by atoms with van der Waals surface area (Å²) in [6.45, 7) is 8.72. The summed E-state index contributed by atoms with van der Waals surface area (Å²) in [7, 11) is 1.70. The van der Waals surface area contributed by atoms with Crippen molar-refractivity contribution < 1.29 is 9.47 Å². The molecule has 2 heterocycles. The van der Waals surface area contributed by atoms with Gasteiger partial charge in [-0.2, -0.15) is 0 Å². The Morgan fingerprint density at radius 2 is 1.86 bits per heavy atom. The highest BCUT2D eigenvalue weighted by Crippen LogP contribution is 2.24. The first-order chi connectivity index (χ1) is 14.3. The average molecular weight is 400 g/mol. The summed E-state index contributed by atoms with van der Waals surface area (Å²) in [6.07, 6.45) is 4.15. The first-order valence-corrected chi connectivity index (χ1v) is 10.4. The molecule has 0 radical (unpaired) electrons. The van der Waals surface area contributed by atoms with Crippen LogP contribution >= 0.6 is 0 Å². The molecule has 0 saturated carbocycles. The van der Waals surface area contributed by atoms with Crippen molar-refractivity contribution in [2.45, 2.75) is 19.5 Å². The molecule has 1 aliphatic heterocycles. The van der Waals surface area contributed by atoms with Gasteiger partial charge in [-0.3, -0.25) is 9.89 Å². The van der Waals surface area contributed by atoms with E-state index >= 15 is 0 Å². The number of aliphatic imine (C=N–C) groups is 1. The van der Waals surface area contributed by atoms with Crippen molar-refractivity contribution in [3.8, 4) is 5.75 Å². The molecule has 1 fully saturated rings. The van der Waals surface area contributed by atoms with Crippen LogP contribution in [0.15, 0.2) is 53.8 Å².